The van der Waals surface area contributed by atoms with Crippen molar-refractivity contribution < 1.29 is 4.79 Å². The lowest BCUT2D eigenvalue weighted by molar-refractivity contribution is 0.0996. The van der Waals surface area contributed by atoms with Crippen molar-refractivity contribution in [2.45, 2.75) is 6.92 Å². The van der Waals surface area contributed by atoms with Crippen LogP contribution in [-0.4, -0.2) is 19.5 Å². The number of benzene rings is 1. The third-order valence-electron chi connectivity index (χ3n) is 2.91. The lowest BCUT2D eigenvalue weighted by Gasteiger charge is -2.18. The van der Waals surface area contributed by atoms with Gasteiger partial charge in [-0.3, -0.25) is 4.79 Å². The van der Waals surface area contributed by atoms with Crippen molar-refractivity contribution in [3.05, 3.63) is 51.7 Å². The standard InChI is InChI=1S/C16H16N2OS/c1-12-6-3-4-8-14(12)18(2)16(19)15-10-9-13(20-15)7-5-11-17/h3-4,6,8-10H,11,17H2,1-2H3. The highest BCUT2D eigenvalue weighted by molar-refractivity contribution is 7.14. The zero-order valence-corrected chi connectivity index (χ0v) is 12.3. The first-order valence-corrected chi connectivity index (χ1v) is 7.07. The molecule has 1 heterocycles. The molecule has 0 unspecified atom stereocenters. The Morgan fingerprint density at radius 1 is 1.30 bits per heavy atom. The van der Waals surface area contributed by atoms with Crippen LogP contribution in [0.4, 0.5) is 5.69 Å². The number of nitrogens with zero attached hydrogens (tertiary/aromatic N) is 1. The molecule has 2 N–H and O–H groups in total. The summed E-state index contributed by atoms with van der Waals surface area (Å²) in [5.74, 6) is 5.71. The summed E-state index contributed by atoms with van der Waals surface area (Å²) in [4.78, 5) is 15.7. The largest absolute Gasteiger partial charge is 0.320 e. The lowest BCUT2D eigenvalue weighted by atomic mass is 10.2. The van der Waals surface area contributed by atoms with Gasteiger partial charge in [0.2, 0.25) is 0 Å². The Balaban J connectivity index is 2.23. The maximum atomic E-state index is 12.4. The number of carbonyl (C=O) groups excluding carboxylic acids is 1. The van der Waals surface area contributed by atoms with Gasteiger partial charge in [0.25, 0.3) is 5.91 Å². The van der Waals surface area contributed by atoms with E-state index < -0.39 is 0 Å². The maximum absolute atomic E-state index is 12.4. The van der Waals surface area contributed by atoms with Crippen LogP contribution in [-0.2, 0) is 0 Å². The van der Waals surface area contributed by atoms with Crippen LogP contribution in [0.1, 0.15) is 20.1 Å². The number of amides is 1. The molecule has 1 aromatic carbocycles. The van der Waals surface area contributed by atoms with Crippen molar-refractivity contribution in [3.8, 4) is 11.8 Å². The normalized spacial score (nSPS) is 9.75. The summed E-state index contributed by atoms with van der Waals surface area (Å²) in [6.07, 6.45) is 0. The Morgan fingerprint density at radius 2 is 2.05 bits per heavy atom. The van der Waals surface area contributed by atoms with Crippen LogP contribution >= 0.6 is 11.3 Å². The number of aryl methyl sites for hydroxylation is 1. The van der Waals surface area contributed by atoms with Gasteiger partial charge in [0.1, 0.15) is 0 Å². The Bertz CT molecular complexity index is 679. The molecule has 20 heavy (non-hydrogen) atoms. The first kappa shape index (κ1) is 14.3. The van der Waals surface area contributed by atoms with Crippen LogP contribution in [0.25, 0.3) is 0 Å². The molecule has 0 spiro atoms. The summed E-state index contributed by atoms with van der Waals surface area (Å²) in [7, 11) is 1.79. The molecule has 3 nitrogen and oxygen atoms in total. The molecule has 0 fully saturated rings. The Hall–Kier alpha value is -2.09. The number of thiophene rings is 1. The fraction of sp³-hybridized carbons (Fsp3) is 0.188. The van der Waals surface area contributed by atoms with Crippen LogP contribution in [0.5, 0.6) is 0 Å². The molecule has 1 amide bonds. The van der Waals surface area contributed by atoms with Gasteiger partial charge in [-0.2, -0.15) is 0 Å². The minimum atomic E-state index is -0.0231. The number of para-hydroxylation sites is 1. The number of hydrogen-bond acceptors (Lipinski definition) is 3. The third-order valence-corrected chi connectivity index (χ3v) is 3.90. The van der Waals surface area contributed by atoms with Gasteiger partial charge in [-0.1, -0.05) is 30.0 Å². The molecule has 0 bridgehead atoms. The predicted octanol–water partition coefficient (Wildman–Crippen LogP) is 2.64. The maximum Gasteiger partial charge on any atom is 0.268 e. The van der Waals surface area contributed by atoms with Gasteiger partial charge in [-0.25, -0.2) is 0 Å². The van der Waals surface area contributed by atoms with Gasteiger partial charge in [0.05, 0.1) is 16.3 Å². The molecule has 0 atom stereocenters. The monoisotopic (exact) mass is 284 g/mol. The molecule has 1 aromatic heterocycles. The first-order chi connectivity index (χ1) is 9.63. The molecule has 0 aliphatic carbocycles. The fourth-order valence-electron chi connectivity index (χ4n) is 1.87. The van der Waals surface area contributed by atoms with E-state index in [4.69, 9.17) is 5.73 Å². The Kier molecular flexibility index (Phi) is 4.57. The van der Waals surface area contributed by atoms with Crippen LogP contribution in [0.15, 0.2) is 36.4 Å². The van der Waals surface area contributed by atoms with E-state index in [-0.39, 0.29) is 5.91 Å². The van der Waals surface area contributed by atoms with Gasteiger partial charge in [-0.15, -0.1) is 11.3 Å². The van der Waals surface area contributed by atoms with Gasteiger partial charge in [0, 0.05) is 12.7 Å². The topological polar surface area (TPSA) is 46.3 Å². The zero-order chi connectivity index (χ0) is 14.5. The van der Waals surface area contributed by atoms with Crippen molar-refractivity contribution in [2.24, 2.45) is 5.73 Å². The second-order valence-corrected chi connectivity index (χ2v) is 5.40. The van der Waals surface area contributed by atoms with E-state index in [0.717, 1.165) is 16.1 Å². The number of anilines is 1. The molecular weight excluding hydrogens is 268 g/mol. The van der Waals surface area contributed by atoms with Crippen molar-refractivity contribution in [1.82, 2.24) is 0 Å². The summed E-state index contributed by atoms with van der Waals surface area (Å²) < 4.78 is 0. The van der Waals surface area contributed by atoms with E-state index >= 15 is 0 Å². The summed E-state index contributed by atoms with van der Waals surface area (Å²) >= 11 is 1.39. The quantitative estimate of drug-likeness (QED) is 0.862. The molecule has 2 rings (SSSR count). The van der Waals surface area contributed by atoms with Crippen LogP contribution in [0.2, 0.25) is 0 Å². The number of carbonyl (C=O) groups is 1. The minimum absolute atomic E-state index is 0.0231. The van der Waals surface area contributed by atoms with Gasteiger partial charge in [-0.05, 0) is 30.7 Å². The molecule has 0 aliphatic heterocycles. The van der Waals surface area contributed by atoms with Gasteiger partial charge in [0.15, 0.2) is 0 Å². The number of nitrogens with two attached hydrogens (primary N) is 1. The van der Waals surface area contributed by atoms with E-state index in [2.05, 4.69) is 11.8 Å². The molecule has 0 saturated heterocycles. The molecule has 102 valence electrons. The summed E-state index contributed by atoms with van der Waals surface area (Å²) in [5.41, 5.74) is 7.33. The van der Waals surface area contributed by atoms with Crippen LogP contribution < -0.4 is 10.6 Å². The average molecular weight is 284 g/mol. The summed E-state index contributed by atoms with van der Waals surface area (Å²) in [6, 6.07) is 11.5. The molecular formula is C16H16N2OS. The van der Waals surface area contributed by atoms with Gasteiger partial charge >= 0.3 is 0 Å². The van der Waals surface area contributed by atoms with E-state index in [1.54, 1.807) is 11.9 Å². The lowest BCUT2D eigenvalue weighted by Crippen LogP contribution is -2.25. The zero-order valence-electron chi connectivity index (χ0n) is 11.5. The van der Waals surface area contributed by atoms with Crippen molar-refractivity contribution in [1.29, 1.82) is 0 Å². The molecule has 0 radical (unpaired) electrons. The van der Waals surface area contributed by atoms with E-state index in [0.29, 0.717) is 11.4 Å². The number of hydrogen-bond donors (Lipinski definition) is 1. The number of rotatable bonds is 2. The van der Waals surface area contributed by atoms with E-state index in [1.165, 1.54) is 11.3 Å². The molecule has 2 aromatic rings. The smallest absolute Gasteiger partial charge is 0.268 e. The highest BCUT2D eigenvalue weighted by Crippen LogP contribution is 2.23. The van der Waals surface area contributed by atoms with Crippen molar-refractivity contribution in [3.63, 3.8) is 0 Å². The molecule has 0 saturated carbocycles. The molecule has 4 heteroatoms. The Morgan fingerprint density at radius 3 is 2.75 bits per heavy atom. The Labute approximate surface area is 123 Å². The van der Waals surface area contributed by atoms with E-state index in [1.807, 2.05) is 43.3 Å². The second-order valence-electron chi connectivity index (χ2n) is 4.32. The fourth-order valence-corrected chi connectivity index (χ4v) is 2.73. The van der Waals surface area contributed by atoms with Crippen molar-refractivity contribution >= 4 is 22.9 Å². The summed E-state index contributed by atoms with van der Waals surface area (Å²) in [6.45, 7) is 2.32. The first-order valence-electron chi connectivity index (χ1n) is 6.26. The molecule has 0 aliphatic rings. The second kappa shape index (κ2) is 6.38. The van der Waals surface area contributed by atoms with E-state index in [9.17, 15) is 4.79 Å². The highest BCUT2D eigenvalue weighted by Gasteiger charge is 2.16. The van der Waals surface area contributed by atoms with Crippen molar-refractivity contribution in [2.75, 3.05) is 18.5 Å². The average Bonchev–Trinajstić information content (AvgIpc) is 2.93. The predicted molar refractivity (Wildman–Crippen MR) is 84.2 cm³/mol. The van der Waals surface area contributed by atoms with Crippen LogP contribution in [0.3, 0.4) is 0 Å². The summed E-state index contributed by atoms with van der Waals surface area (Å²) in [5, 5.41) is 0. The SMILES string of the molecule is Cc1ccccc1N(C)C(=O)c1ccc(C#CCN)s1. The van der Waals surface area contributed by atoms with Crippen LogP contribution in [0, 0.1) is 18.8 Å². The highest BCUT2D eigenvalue weighted by atomic mass is 32.1. The minimum Gasteiger partial charge on any atom is -0.320 e. The van der Waals surface area contributed by atoms with Gasteiger partial charge < -0.3 is 10.6 Å². The third kappa shape index (κ3) is 3.08.